The molecule has 0 saturated heterocycles. The maximum Gasteiger partial charge on any atom is 0.266 e. The Bertz CT molecular complexity index is 1330. The molecule has 0 saturated carbocycles. The van der Waals surface area contributed by atoms with Crippen LogP contribution in [-0.2, 0) is 6.42 Å². The van der Waals surface area contributed by atoms with Crippen LogP contribution >= 0.6 is 11.3 Å². The monoisotopic (exact) mass is 435 g/mol. The van der Waals surface area contributed by atoms with Crippen molar-refractivity contribution >= 4 is 33.1 Å². The summed E-state index contributed by atoms with van der Waals surface area (Å²) in [5.41, 5.74) is 1.81. The van der Waals surface area contributed by atoms with Crippen LogP contribution in [0.1, 0.15) is 26.6 Å². The van der Waals surface area contributed by atoms with E-state index in [2.05, 4.69) is 15.3 Å². The predicted molar refractivity (Wildman–Crippen MR) is 122 cm³/mol. The Morgan fingerprint density at radius 2 is 1.74 bits per heavy atom. The lowest BCUT2D eigenvalue weighted by molar-refractivity contribution is 0.102. The van der Waals surface area contributed by atoms with E-state index in [0.717, 1.165) is 11.3 Å². The molecule has 2 N–H and O–H groups in total. The quantitative estimate of drug-likeness (QED) is 0.475. The average Bonchev–Trinajstić information content (AvgIpc) is 3.11. The standard InChI is InChI=1S/C23H21N3O4S/c1-13-19-21(27)25-18(12-14-8-4-6-10-16(14)29-2)26-23(19)31-20(13)22(28)24-15-9-5-7-11-17(15)30-3/h4-11H,12H2,1-3H3,(H,24,28)(H,25,26,27). The van der Waals surface area contributed by atoms with Crippen molar-refractivity contribution in [2.75, 3.05) is 19.5 Å². The minimum Gasteiger partial charge on any atom is -0.496 e. The van der Waals surface area contributed by atoms with Crippen LogP contribution in [0, 0.1) is 6.92 Å². The van der Waals surface area contributed by atoms with E-state index in [1.54, 1.807) is 33.3 Å². The zero-order valence-corrected chi connectivity index (χ0v) is 18.1. The Morgan fingerprint density at radius 3 is 2.48 bits per heavy atom. The van der Waals surface area contributed by atoms with Crippen LogP contribution in [0.4, 0.5) is 5.69 Å². The van der Waals surface area contributed by atoms with Crippen LogP contribution in [0.15, 0.2) is 53.3 Å². The number of hydrogen-bond donors (Lipinski definition) is 2. The lowest BCUT2D eigenvalue weighted by Crippen LogP contribution is -2.14. The average molecular weight is 436 g/mol. The second kappa shape index (κ2) is 8.61. The number of methoxy groups -OCH3 is 2. The number of ether oxygens (including phenoxy) is 2. The van der Waals surface area contributed by atoms with E-state index in [4.69, 9.17) is 9.47 Å². The van der Waals surface area contributed by atoms with Gasteiger partial charge < -0.3 is 19.8 Å². The summed E-state index contributed by atoms with van der Waals surface area (Å²) in [7, 11) is 3.15. The van der Waals surface area contributed by atoms with Gasteiger partial charge >= 0.3 is 0 Å². The van der Waals surface area contributed by atoms with Crippen LogP contribution in [0.2, 0.25) is 0 Å². The molecule has 0 radical (unpaired) electrons. The molecule has 2 heterocycles. The van der Waals surface area contributed by atoms with Crippen LogP contribution in [0.25, 0.3) is 10.2 Å². The van der Waals surface area contributed by atoms with Crippen molar-refractivity contribution in [1.29, 1.82) is 0 Å². The van der Waals surface area contributed by atoms with E-state index < -0.39 is 0 Å². The second-order valence-corrected chi connectivity index (χ2v) is 7.89. The first-order valence-corrected chi connectivity index (χ1v) is 10.4. The van der Waals surface area contributed by atoms with Gasteiger partial charge in [0.1, 0.15) is 22.2 Å². The van der Waals surface area contributed by atoms with Crippen LogP contribution in [0.5, 0.6) is 11.5 Å². The number of rotatable bonds is 6. The number of amides is 1. The predicted octanol–water partition coefficient (Wildman–Crippen LogP) is 4.15. The van der Waals surface area contributed by atoms with Crippen molar-refractivity contribution in [2.24, 2.45) is 0 Å². The Labute approximate surface area is 182 Å². The van der Waals surface area contributed by atoms with E-state index in [-0.39, 0.29) is 11.5 Å². The third-order valence-corrected chi connectivity index (χ3v) is 6.15. The smallest absolute Gasteiger partial charge is 0.266 e. The molecule has 0 fully saturated rings. The maximum atomic E-state index is 12.9. The summed E-state index contributed by atoms with van der Waals surface area (Å²) in [4.78, 5) is 34.1. The summed E-state index contributed by atoms with van der Waals surface area (Å²) in [6, 6.07) is 14.7. The molecule has 1 amide bonds. The molecule has 0 aliphatic heterocycles. The third-order valence-electron chi connectivity index (χ3n) is 4.96. The Hall–Kier alpha value is -3.65. The van der Waals surface area contributed by atoms with Crippen molar-refractivity contribution in [1.82, 2.24) is 9.97 Å². The number of aromatic nitrogens is 2. The molecule has 2 aromatic heterocycles. The zero-order valence-electron chi connectivity index (χ0n) is 17.3. The van der Waals surface area contributed by atoms with Crippen LogP contribution in [0.3, 0.4) is 0 Å². The zero-order chi connectivity index (χ0) is 22.0. The van der Waals surface area contributed by atoms with Crippen molar-refractivity contribution in [3.63, 3.8) is 0 Å². The number of H-pyrrole nitrogens is 1. The second-order valence-electron chi connectivity index (χ2n) is 6.89. The third kappa shape index (κ3) is 4.02. The maximum absolute atomic E-state index is 12.9. The topological polar surface area (TPSA) is 93.3 Å². The highest BCUT2D eigenvalue weighted by molar-refractivity contribution is 7.20. The van der Waals surface area contributed by atoms with Crippen LogP contribution < -0.4 is 20.3 Å². The van der Waals surface area contributed by atoms with Gasteiger partial charge in [-0.15, -0.1) is 11.3 Å². The normalized spacial score (nSPS) is 10.8. The first-order valence-electron chi connectivity index (χ1n) is 9.60. The van der Waals surface area contributed by atoms with E-state index in [0.29, 0.717) is 44.3 Å². The largest absolute Gasteiger partial charge is 0.496 e. The number of carbonyl (C=O) groups excluding carboxylic acids is 1. The Morgan fingerprint density at radius 1 is 1.06 bits per heavy atom. The molecule has 4 aromatic rings. The number of fused-ring (bicyclic) bond motifs is 1. The first-order chi connectivity index (χ1) is 15.0. The van der Waals surface area contributed by atoms with Gasteiger partial charge in [-0.05, 0) is 30.7 Å². The molecule has 0 spiro atoms. The van der Waals surface area contributed by atoms with Gasteiger partial charge in [-0.3, -0.25) is 9.59 Å². The van der Waals surface area contributed by atoms with Crippen LogP contribution in [-0.4, -0.2) is 30.1 Å². The molecule has 31 heavy (non-hydrogen) atoms. The van der Waals surface area contributed by atoms with Crippen molar-refractivity contribution < 1.29 is 14.3 Å². The molecule has 7 nitrogen and oxygen atoms in total. The Kier molecular flexibility index (Phi) is 5.73. The number of aromatic amines is 1. The van der Waals surface area contributed by atoms with Gasteiger partial charge in [-0.2, -0.15) is 0 Å². The molecule has 2 aromatic carbocycles. The molecule has 0 unspecified atom stereocenters. The van der Waals surface area contributed by atoms with E-state index in [1.165, 1.54) is 11.3 Å². The number of nitrogens with one attached hydrogen (secondary N) is 2. The van der Waals surface area contributed by atoms with E-state index >= 15 is 0 Å². The van der Waals surface area contributed by atoms with Crippen molar-refractivity contribution in [3.8, 4) is 11.5 Å². The highest BCUT2D eigenvalue weighted by atomic mass is 32.1. The highest BCUT2D eigenvalue weighted by Crippen LogP contribution is 2.30. The fraction of sp³-hybridized carbons (Fsp3) is 0.174. The van der Waals surface area contributed by atoms with Gasteiger partial charge in [0, 0.05) is 12.0 Å². The van der Waals surface area contributed by atoms with Gasteiger partial charge in [0.15, 0.2) is 0 Å². The number of benzene rings is 2. The summed E-state index contributed by atoms with van der Waals surface area (Å²) in [6.07, 6.45) is 0.412. The summed E-state index contributed by atoms with van der Waals surface area (Å²) in [5.74, 6) is 1.49. The summed E-state index contributed by atoms with van der Waals surface area (Å²) >= 11 is 1.20. The minimum atomic E-state index is -0.310. The lowest BCUT2D eigenvalue weighted by Gasteiger charge is -2.09. The molecular weight excluding hydrogens is 414 g/mol. The molecule has 0 atom stereocenters. The summed E-state index contributed by atoms with van der Waals surface area (Å²) in [6.45, 7) is 1.76. The molecule has 0 bridgehead atoms. The van der Waals surface area contributed by atoms with Crippen molar-refractivity contribution in [3.05, 3.63) is 80.7 Å². The number of para-hydroxylation sites is 3. The molecule has 0 aliphatic rings. The summed E-state index contributed by atoms with van der Waals surface area (Å²) < 4.78 is 10.7. The lowest BCUT2D eigenvalue weighted by atomic mass is 10.1. The van der Waals surface area contributed by atoms with Gasteiger partial charge in [0.05, 0.1) is 30.2 Å². The number of anilines is 1. The van der Waals surface area contributed by atoms with E-state index in [9.17, 15) is 9.59 Å². The van der Waals surface area contributed by atoms with Gasteiger partial charge in [-0.25, -0.2) is 4.98 Å². The number of nitrogens with zero attached hydrogens (tertiary/aromatic N) is 1. The van der Waals surface area contributed by atoms with Crippen molar-refractivity contribution in [2.45, 2.75) is 13.3 Å². The molecular formula is C23H21N3O4S. The van der Waals surface area contributed by atoms with Gasteiger partial charge in [0.2, 0.25) is 0 Å². The Balaban J connectivity index is 1.69. The SMILES string of the molecule is COc1ccccc1Cc1nc2sc(C(=O)Nc3ccccc3OC)c(C)c2c(=O)[nH]1. The number of thiophene rings is 1. The van der Waals surface area contributed by atoms with Gasteiger partial charge in [0.25, 0.3) is 11.5 Å². The number of hydrogen-bond acceptors (Lipinski definition) is 6. The fourth-order valence-electron chi connectivity index (χ4n) is 3.45. The van der Waals surface area contributed by atoms with E-state index in [1.807, 2.05) is 36.4 Å². The van der Waals surface area contributed by atoms with Gasteiger partial charge in [-0.1, -0.05) is 30.3 Å². The molecule has 158 valence electrons. The molecule has 8 heteroatoms. The molecule has 4 rings (SSSR count). The highest BCUT2D eigenvalue weighted by Gasteiger charge is 2.20. The molecule has 0 aliphatic carbocycles. The summed E-state index contributed by atoms with van der Waals surface area (Å²) in [5, 5.41) is 3.29. The number of aryl methyl sites for hydroxylation is 1. The minimum absolute atomic E-state index is 0.264. The fourth-order valence-corrected chi connectivity index (χ4v) is 4.54. The first kappa shape index (κ1) is 20.6. The number of carbonyl (C=O) groups is 1.